The maximum absolute atomic E-state index is 4.25. The van der Waals surface area contributed by atoms with Gasteiger partial charge in [-0.2, -0.15) is 0 Å². The Kier molecular flexibility index (Phi) is 93.2. The molecular weight excluding hydrogens is 1320 g/mol. The Hall–Kier alpha value is -10.4. The predicted molar refractivity (Wildman–Crippen MR) is 489 cm³/mol. The lowest BCUT2D eigenvalue weighted by Crippen LogP contribution is -1.67. The summed E-state index contributed by atoms with van der Waals surface area (Å²) in [6, 6.07) is 136. The normalized spacial score (nSPS) is 8.22. The molecule has 0 saturated carbocycles. The summed E-state index contributed by atoms with van der Waals surface area (Å²) in [4.78, 5) is 0. The SMILES string of the molecule is CC.CC.CC.CC.CC.CC.COC.COC.COC.COC.COC.COC.c1ccc2ccccc2c1.c1ccc2ccccc2c1.c1ccc2ccccc2c1.c1ccc2ccccc2c1.c1ccc2ccccc2c1.c1ccc2ccccc2c1.c1ccccc1.c1ccccc1.c1ccccc1. The van der Waals surface area contributed by atoms with Gasteiger partial charge in [-0.05, 0) is 64.6 Å². The zero-order valence-electron chi connectivity index (χ0n) is 70.6. The molecule has 15 aromatic carbocycles. The number of hydrogen-bond acceptors (Lipinski definition) is 6. The van der Waals surface area contributed by atoms with Gasteiger partial charge in [-0.3, -0.25) is 0 Å². The van der Waals surface area contributed by atoms with E-state index in [0.717, 1.165) is 0 Å². The first kappa shape index (κ1) is 109. The smallest absolute Gasteiger partial charge is 0.0351 e. The van der Waals surface area contributed by atoms with Crippen molar-refractivity contribution >= 4 is 64.6 Å². The van der Waals surface area contributed by atoms with Crippen molar-refractivity contribution in [1.29, 1.82) is 0 Å². The van der Waals surface area contributed by atoms with E-state index in [1.807, 2.05) is 192 Å². The van der Waals surface area contributed by atoms with Gasteiger partial charge in [0.15, 0.2) is 0 Å². The van der Waals surface area contributed by atoms with E-state index in [1.54, 1.807) is 85.3 Å². The summed E-state index contributed by atoms with van der Waals surface area (Å²) in [6.45, 7) is 24.0. The molecule has 0 N–H and O–H groups in total. The molecular formula is C102H138O6. The molecule has 15 aromatic rings. The molecule has 582 valence electrons. The summed E-state index contributed by atoms with van der Waals surface area (Å²) in [5.41, 5.74) is 0. The molecule has 0 aliphatic rings. The van der Waals surface area contributed by atoms with Gasteiger partial charge in [0.2, 0.25) is 0 Å². The van der Waals surface area contributed by atoms with E-state index < -0.39 is 0 Å². The first-order chi connectivity index (χ1) is 53.3. The van der Waals surface area contributed by atoms with Crippen molar-refractivity contribution < 1.29 is 28.4 Å². The fraction of sp³-hybridized carbons (Fsp3) is 0.235. The fourth-order valence-corrected chi connectivity index (χ4v) is 7.95. The lowest BCUT2D eigenvalue weighted by molar-refractivity contribution is 0.277. The van der Waals surface area contributed by atoms with Gasteiger partial charge in [0, 0.05) is 85.3 Å². The molecule has 0 atom stereocenters. The number of rotatable bonds is 0. The maximum Gasteiger partial charge on any atom is 0.0351 e. The van der Waals surface area contributed by atoms with Crippen LogP contribution in [-0.4, -0.2) is 85.3 Å². The van der Waals surface area contributed by atoms with Gasteiger partial charge in [0.25, 0.3) is 0 Å². The van der Waals surface area contributed by atoms with Crippen molar-refractivity contribution in [2.24, 2.45) is 0 Å². The predicted octanol–water partition coefficient (Wildman–Crippen LogP) is 29.8. The Balaban J connectivity index is -0.000000260. The molecule has 0 bridgehead atoms. The third-order valence-electron chi connectivity index (χ3n) is 12.0. The van der Waals surface area contributed by atoms with E-state index in [4.69, 9.17) is 0 Å². The summed E-state index contributed by atoms with van der Waals surface area (Å²) in [7, 11) is 19.5. The lowest BCUT2D eigenvalue weighted by Gasteiger charge is -1.92. The Labute approximate surface area is 658 Å². The van der Waals surface area contributed by atoms with Gasteiger partial charge in [-0.1, -0.05) is 483 Å². The van der Waals surface area contributed by atoms with Gasteiger partial charge >= 0.3 is 0 Å². The Bertz CT molecular complexity index is 2960. The highest BCUT2D eigenvalue weighted by molar-refractivity contribution is 5.85. The molecule has 15 rings (SSSR count). The quantitative estimate of drug-likeness (QED) is 0.151. The van der Waals surface area contributed by atoms with Gasteiger partial charge < -0.3 is 28.4 Å². The molecule has 0 aliphatic carbocycles. The second kappa shape index (κ2) is 92.7. The number of ether oxygens (including phenoxy) is 6. The van der Waals surface area contributed by atoms with Gasteiger partial charge in [-0.15, -0.1) is 0 Å². The summed E-state index contributed by atoms with van der Waals surface area (Å²) in [5.74, 6) is 0. The Morgan fingerprint density at radius 1 is 0.0926 bits per heavy atom. The molecule has 0 aromatic heterocycles. The highest BCUT2D eigenvalue weighted by Crippen LogP contribution is 2.16. The number of fused-ring (bicyclic) bond motifs is 6. The molecule has 0 radical (unpaired) electrons. The average Bonchev–Trinajstić information content (AvgIpc) is 0.922. The van der Waals surface area contributed by atoms with Crippen LogP contribution in [0.4, 0.5) is 0 Å². The highest BCUT2D eigenvalue weighted by atomic mass is 16.5. The average molecular weight is 1460 g/mol. The standard InChI is InChI=1S/6C10H8.3C6H6.6C2H6O.6C2H6/c6*1-2-6-10-8-4-3-7-9(10)5-1;3*1-2-4-6-5-3-1;6*1-3-2;6*1-2/h6*1-8H;3*1-6H;6*1-2H3;6*1-2H3. The Morgan fingerprint density at radius 3 is 0.167 bits per heavy atom. The van der Waals surface area contributed by atoms with Crippen LogP contribution < -0.4 is 0 Å². The molecule has 0 heterocycles. The number of benzene rings is 15. The molecule has 0 spiro atoms. The minimum absolute atomic E-state index is 1.31. The lowest BCUT2D eigenvalue weighted by atomic mass is 10.1. The number of hydrogen-bond donors (Lipinski definition) is 0. The molecule has 0 amide bonds. The zero-order valence-corrected chi connectivity index (χ0v) is 70.6. The van der Waals surface area contributed by atoms with Crippen molar-refractivity contribution in [3.63, 3.8) is 0 Å². The van der Waals surface area contributed by atoms with Crippen molar-refractivity contribution in [3.05, 3.63) is 400 Å². The van der Waals surface area contributed by atoms with E-state index >= 15 is 0 Å². The third-order valence-corrected chi connectivity index (χ3v) is 12.0. The van der Waals surface area contributed by atoms with Crippen LogP contribution in [0.5, 0.6) is 0 Å². The minimum Gasteiger partial charge on any atom is -0.388 e. The van der Waals surface area contributed by atoms with Crippen LogP contribution in [0.25, 0.3) is 64.6 Å². The van der Waals surface area contributed by atoms with Crippen LogP contribution in [-0.2, 0) is 28.4 Å². The molecule has 6 heteroatoms. The molecule has 108 heavy (non-hydrogen) atoms. The van der Waals surface area contributed by atoms with E-state index in [0.29, 0.717) is 0 Å². The van der Waals surface area contributed by atoms with Gasteiger partial charge in [0.05, 0.1) is 0 Å². The summed E-state index contributed by atoms with van der Waals surface area (Å²) in [6.07, 6.45) is 0. The minimum atomic E-state index is 1.31. The molecule has 0 unspecified atom stereocenters. The van der Waals surface area contributed by atoms with Crippen LogP contribution in [0.1, 0.15) is 83.1 Å². The van der Waals surface area contributed by atoms with Gasteiger partial charge in [0.1, 0.15) is 0 Å². The summed E-state index contributed by atoms with van der Waals surface area (Å²) < 4.78 is 25.5. The van der Waals surface area contributed by atoms with Gasteiger partial charge in [-0.25, -0.2) is 0 Å². The first-order valence-electron chi connectivity index (χ1n) is 37.3. The van der Waals surface area contributed by atoms with Crippen molar-refractivity contribution in [1.82, 2.24) is 0 Å². The van der Waals surface area contributed by atoms with Crippen molar-refractivity contribution in [3.8, 4) is 0 Å². The maximum atomic E-state index is 4.25. The summed E-state index contributed by atoms with van der Waals surface area (Å²) >= 11 is 0. The van der Waals surface area contributed by atoms with Crippen LogP contribution >= 0.6 is 0 Å². The van der Waals surface area contributed by atoms with Crippen molar-refractivity contribution in [2.75, 3.05) is 85.3 Å². The van der Waals surface area contributed by atoms with Crippen molar-refractivity contribution in [2.45, 2.75) is 83.1 Å². The third kappa shape index (κ3) is 64.0. The molecule has 0 aliphatic heterocycles. The van der Waals surface area contributed by atoms with E-state index in [9.17, 15) is 0 Å². The fourth-order valence-electron chi connectivity index (χ4n) is 7.95. The van der Waals surface area contributed by atoms with E-state index in [2.05, 4.69) is 320 Å². The molecule has 0 saturated heterocycles. The largest absolute Gasteiger partial charge is 0.388 e. The van der Waals surface area contributed by atoms with Crippen LogP contribution in [0, 0.1) is 0 Å². The Morgan fingerprint density at radius 2 is 0.130 bits per heavy atom. The second-order valence-electron chi connectivity index (χ2n) is 20.0. The highest BCUT2D eigenvalue weighted by Gasteiger charge is 1.90. The monoisotopic (exact) mass is 1460 g/mol. The van der Waals surface area contributed by atoms with Crippen LogP contribution in [0.2, 0.25) is 0 Å². The molecule has 0 fully saturated rings. The first-order valence-corrected chi connectivity index (χ1v) is 37.3. The molecule has 6 nitrogen and oxygen atoms in total. The zero-order chi connectivity index (χ0) is 81.8. The van der Waals surface area contributed by atoms with E-state index in [-0.39, 0.29) is 0 Å². The second-order valence-corrected chi connectivity index (χ2v) is 20.0. The summed E-state index contributed by atoms with van der Waals surface area (Å²) in [5, 5.41) is 15.7. The van der Waals surface area contributed by atoms with Crippen LogP contribution in [0.15, 0.2) is 400 Å². The number of methoxy groups -OCH3 is 6. The van der Waals surface area contributed by atoms with Crippen LogP contribution in [0.3, 0.4) is 0 Å². The van der Waals surface area contributed by atoms with E-state index in [1.165, 1.54) is 64.6 Å². The topological polar surface area (TPSA) is 55.4 Å².